The predicted octanol–water partition coefficient (Wildman–Crippen LogP) is 3.27. The fourth-order valence-electron chi connectivity index (χ4n) is 3.12. The van der Waals surface area contributed by atoms with E-state index < -0.39 is 6.04 Å². The maximum atomic E-state index is 12.8. The number of carbonyl (C=O) groups is 2. The largest absolute Gasteiger partial charge is 0.497 e. The van der Waals surface area contributed by atoms with Crippen LogP contribution < -0.4 is 26.6 Å². The lowest BCUT2D eigenvalue weighted by Gasteiger charge is -2.23. The fraction of sp³-hybridized carbons (Fsp3) is 0.130. The Morgan fingerprint density at radius 1 is 1.03 bits per heavy atom. The van der Waals surface area contributed by atoms with Crippen molar-refractivity contribution in [1.82, 2.24) is 10.7 Å². The van der Waals surface area contributed by atoms with Crippen LogP contribution >= 0.6 is 11.6 Å². The van der Waals surface area contributed by atoms with E-state index in [9.17, 15) is 9.59 Å². The molecule has 0 aliphatic carbocycles. The predicted molar refractivity (Wildman–Crippen MR) is 121 cm³/mol. The molecule has 3 aromatic carbocycles. The zero-order valence-electron chi connectivity index (χ0n) is 16.9. The number of rotatable bonds is 8. The van der Waals surface area contributed by atoms with Gasteiger partial charge in [0.2, 0.25) is 5.91 Å². The van der Waals surface area contributed by atoms with Gasteiger partial charge in [-0.15, -0.1) is 0 Å². The first-order valence-corrected chi connectivity index (χ1v) is 9.92. The Bertz CT molecular complexity index is 1040. The molecule has 0 aromatic heterocycles. The molecule has 31 heavy (non-hydrogen) atoms. The summed E-state index contributed by atoms with van der Waals surface area (Å²) in [6.45, 7) is -0.0194. The molecule has 0 aliphatic heterocycles. The summed E-state index contributed by atoms with van der Waals surface area (Å²) in [5.74, 6) is 5.23. The van der Waals surface area contributed by atoms with Crippen LogP contribution in [0.15, 0.2) is 72.8 Å². The van der Waals surface area contributed by atoms with Gasteiger partial charge >= 0.3 is 0 Å². The van der Waals surface area contributed by atoms with E-state index in [1.807, 2.05) is 30.3 Å². The van der Waals surface area contributed by atoms with Crippen LogP contribution in [0.25, 0.3) is 0 Å². The van der Waals surface area contributed by atoms with Crippen molar-refractivity contribution in [3.63, 3.8) is 0 Å². The van der Waals surface area contributed by atoms with Gasteiger partial charge in [0.25, 0.3) is 5.91 Å². The zero-order chi connectivity index (χ0) is 22.2. The smallest absolute Gasteiger partial charge is 0.255 e. The Morgan fingerprint density at radius 2 is 1.74 bits per heavy atom. The Kier molecular flexibility index (Phi) is 7.61. The number of anilines is 1. The third-order valence-electron chi connectivity index (χ3n) is 4.69. The van der Waals surface area contributed by atoms with Gasteiger partial charge in [-0.2, -0.15) is 0 Å². The minimum atomic E-state index is -0.414. The monoisotopic (exact) mass is 438 g/mol. The van der Waals surface area contributed by atoms with Gasteiger partial charge in [-0.25, -0.2) is 5.84 Å². The molecular formula is C23H23ClN4O3. The van der Waals surface area contributed by atoms with E-state index >= 15 is 0 Å². The maximum Gasteiger partial charge on any atom is 0.255 e. The Morgan fingerprint density at radius 3 is 2.39 bits per heavy atom. The van der Waals surface area contributed by atoms with Gasteiger partial charge in [0.1, 0.15) is 5.75 Å². The van der Waals surface area contributed by atoms with Gasteiger partial charge in [-0.1, -0.05) is 41.9 Å². The van der Waals surface area contributed by atoms with E-state index in [4.69, 9.17) is 22.2 Å². The molecular weight excluding hydrogens is 416 g/mol. The summed E-state index contributed by atoms with van der Waals surface area (Å²) < 4.78 is 5.14. The summed E-state index contributed by atoms with van der Waals surface area (Å²) in [4.78, 5) is 24.6. The number of benzene rings is 3. The highest BCUT2D eigenvalue weighted by atomic mass is 35.5. The van der Waals surface area contributed by atoms with E-state index in [-0.39, 0.29) is 18.4 Å². The van der Waals surface area contributed by atoms with Crippen molar-refractivity contribution >= 4 is 29.1 Å². The molecule has 8 heteroatoms. The maximum absolute atomic E-state index is 12.8. The third-order valence-corrected chi connectivity index (χ3v) is 4.92. The molecule has 7 nitrogen and oxygen atoms in total. The quantitative estimate of drug-likeness (QED) is 0.245. The van der Waals surface area contributed by atoms with Crippen molar-refractivity contribution in [2.45, 2.75) is 6.04 Å². The lowest BCUT2D eigenvalue weighted by atomic mass is 9.96. The van der Waals surface area contributed by atoms with Crippen molar-refractivity contribution in [2.24, 2.45) is 5.84 Å². The Hall–Kier alpha value is -3.39. The molecule has 3 aromatic rings. The SMILES string of the molecule is COc1ccc(C(=O)Nc2ccc(Cl)cc2[C@@H](NCC(=O)NN)c2ccccc2)cc1. The van der Waals surface area contributed by atoms with Crippen LogP contribution in [0, 0.1) is 0 Å². The summed E-state index contributed by atoms with van der Waals surface area (Å²) in [6.07, 6.45) is 0. The minimum Gasteiger partial charge on any atom is -0.497 e. The Balaban J connectivity index is 1.94. The third kappa shape index (κ3) is 5.82. The van der Waals surface area contributed by atoms with E-state index in [0.717, 1.165) is 5.56 Å². The first-order valence-electron chi connectivity index (χ1n) is 9.54. The van der Waals surface area contributed by atoms with Crippen LogP contribution in [-0.4, -0.2) is 25.5 Å². The molecule has 0 fully saturated rings. The lowest BCUT2D eigenvalue weighted by molar-refractivity contribution is -0.120. The van der Waals surface area contributed by atoms with Crippen LogP contribution in [0.2, 0.25) is 5.02 Å². The van der Waals surface area contributed by atoms with Crippen LogP contribution in [0.4, 0.5) is 5.69 Å². The number of nitrogens with one attached hydrogen (secondary N) is 3. The number of ether oxygens (including phenoxy) is 1. The molecule has 1 atom stereocenters. The van der Waals surface area contributed by atoms with Gasteiger partial charge < -0.3 is 10.1 Å². The Labute approximate surface area is 185 Å². The van der Waals surface area contributed by atoms with Gasteiger partial charge in [0, 0.05) is 16.3 Å². The van der Waals surface area contributed by atoms with Crippen LogP contribution in [0.5, 0.6) is 5.75 Å². The number of halogens is 1. The second-order valence-corrected chi connectivity index (χ2v) is 7.14. The molecule has 160 valence electrons. The van der Waals surface area contributed by atoms with Crippen molar-refractivity contribution in [3.8, 4) is 5.75 Å². The van der Waals surface area contributed by atoms with Gasteiger partial charge in [0.05, 0.1) is 19.7 Å². The number of hydrogen-bond donors (Lipinski definition) is 4. The molecule has 0 heterocycles. The second-order valence-electron chi connectivity index (χ2n) is 6.71. The van der Waals surface area contributed by atoms with Gasteiger partial charge in [-0.3, -0.25) is 20.3 Å². The molecule has 0 unspecified atom stereocenters. The topological polar surface area (TPSA) is 105 Å². The highest BCUT2D eigenvalue weighted by Crippen LogP contribution is 2.31. The van der Waals surface area contributed by atoms with Crippen molar-refractivity contribution in [2.75, 3.05) is 19.0 Å². The van der Waals surface area contributed by atoms with Crippen LogP contribution in [0.1, 0.15) is 27.5 Å². The number of hydrogen-bond acceptors (Lipinski definition) is 5. The van der Waals surface area contributed by atoms with E-state index in [2.05, 4.69) is 16.1 Å². The molecule has 0 saturated carbocycles. The minimum absolute atomic E-state index is 0.0194. The molecule has 5 N–H and O–H groups in total. The highest BCUT2D eigenvalue weighted by molar-refractivity contribution is 6.30. The number of amides is 2. The van der Waals surface area contributed by atoms with Crippen molar-refractivity contribution < 1.29 is 14.3 Å². The highest BCUT2D eigenvalue weighted by Gasteiger charge is 2.20. The standard InChI is InChI=1S/C23H23ClN4O3/c1-31-18-10-7-16(8-11-18)23(30)27-20-12-9-17(24)13-19(20)22(26-14-21(29)28-25)15-5-3-2-4-6-15/h2-13,22,26H,14,25H2,1H3,(H,27,30)(H,28,29)/t22-/m0/s1. The summed E-state index contributed by atoms with van der Waals surface area (Å²) in [6, 6.07) is 21.1. The normalized spacial score (nSPS) is 11.5. The summed E-state index contributed by atoms with van der Waals surface area (Å²) in [5.41, 5.74) is 4.77. The molecule has 0 radical (unpaired) electrons. The number of nitrogens with two attached hydrogens (primary N) is 1. The molecule has 0 saturated heterocycles. The van der Waals surface area contributed by atoms with Gasteiger partial charge in [-0.05, 0) is 53.6 Å². The fourth-order valence-corrected chi connectivity index (χ4v) is 3.30. The molecule has 0 spiro atoms. The second kappa shape index (κ2) is 10.6. The first kappa shape index (κ1) is 22.3. The summed E-state index contributed by atoms with van der Waals surface area (Å²) in [5, 5.41) is 6.62. The van der Waals surface area contributed by atoms with E-state index in [1.54, 1.807) is 49.6 Å². The number of methoxy groups -OCH3 is 1. The van der Waals surface area contributed by atoms with Crippen LogP contribution in [0.3, 0.4) is 0 Å². The first-order chi connectivity index (χ1) is 15.0. The number of hydrazine groups is 1. The molecule has 2 amide bonds. The molecule has 3 rings (SSSR count). The van der Waals surface area contributed by atoms with E-state index in [0.29, 0.717) is 27.6 Å². The zero-order valence-corrected chi connectivity index (χ0v) is 17.6. The average molecular weight is 439 g/mol. The molecule has 0 aliphatic rings. The summed E-state index contributed by atoms with van der Waals surface area (Å²) >= 11 is 6.27. The summed E-state index contributed by atoms with van der Waals surface area (Å²) in [7, 11) is 1.57. The molecule has 0 bridgehead atoms. The van der Waals surface area contributed by atoms with Crippen molar-refractivity contribution in [1.29, 1.82) is 0 Å². The van der Waals surface area contributed by atoms with Crippen LogP contribution in [-0.2, 0) is 4.79 Å². The average Bonchev–Trinajstić information content (AvgIpc) is 2.81. The number of carbonyl (C=O) groups excluding carboxylic acids is 2. The lowest BCUT2D eigenvalue weighted by Crippen LogP contribution is -2.39. The van der Waals surface area contributed by atoms with Crippen molar-refractivity contribution in [3.05, 3.63) is 94.5 Å². The van der Waals surface area contributed by atoms with Gasteiger partial charge in [0.15, 0.2) is 0 Å². The van der Waals surface area contributed by atoms with E-state index in [1.165, 1.54) is 0 Å².